The van der Waals surface area contributed by atoms with E-state index in [1.807, 2.05) is 12.1 Å². The average Bonchev–Trinajstić information content (AvgIpc) is 3.40. The first kappa shape index (κ1) is 23.8. The van der Waals surface area contributed by atoms with Gasteiger partial charge in [-0.1, -0.05) is 41.4 Å². The van der Waals surface area contributed by atoms with Gasteiger partial charge in [0.05, 0.1) is 22.8 Å². The van der Waals surface area contributed by atoms with E-state index in [0.29, 0.717) is 27.8 Å². The Hall–Kier alpha value is -2.94. The van der Waals surface area contributed by atoms with Crippen molar-refractivity contribution >= 4 is 52.6 Å². The van der Waals surface area contributed by atoms with Crippen molar-refractivity contribution < 1.29 is 23.5 Å². The third-order valence-corrected chi connectivity index (χ3v) is 7.95. The minimum Gasteiger partial charge on any atom is -0.496 e. The number of urea groups is 1. The van der Waals surface area contributed by atoms with E-state index in [-0.39, 0.29) is 28.7 Å². The normalized spacial score (nSPS) is 19.3. The molecule has 0 unspecified atom stereocenters. The molecule has 5 rings (SSSR count). The highest BCUT2D eigenvalue weighted by molar-refractivity contribution is 7.99. The number of carbonyl (C=O) groups excluding carboxylic acids is 2. The molecule has 0 bridgehead atoms. The number of fused-ring (bicyclic) bond motifs is 1. The van der Waals surface area contributed by atoms with Crippen LogP contribution in [-0.4, -0.2) is 35.7 Å². The Morgan fingerprint density at radius 2 is 1.83 bits per heavy atom. The Bertz CT molecular complexity index is 1320. The number of amides is 3. The number of benzene rings is 3. The van der Waals surface area contributed by atoms with Crippen LogP contribution >= 0.6 is 35.0 Å². The molecule has 0 spiro atoms. The molecule has 2 fully saturated rings. The number of carbonyl (C=O) groups is 2. The number of halogens is 3. The minimum absolute atomic E-state index is 0.0705. The molecule has 6 nitrogen and oxygen atoms in total. The molecular weight excluding hydrogens is 514 g/mol. The van der Waals surface area contributed by atoms with Gasteiger partial charge in [-0.3, -0.25) is 9.69 Å². The fourth-order valence-electron chi connectivity index (χ4n) is 4.19. The van der Waals surface area contributed by atoms with Crippen molar-refractivity contribution in [3.8, 4) is 11.5 Å². The fraction of sp³-hybridized carbons (Fsp3) is 0.200. The Labute approximate surface area is 215 Å². The molecule has 10 heteroatoms. The molecule has 0 radical (unpaired) electrons. The van der Waals surface area contributed by atoms with Crippen molar-refractivity contribution in [3.63, 3.8) is 0 Å². The summed E-state index contributed by atoms with van der Waals surface area (Å²) >= 11 is 13.6. The van der Waals surface area contributed by atoms with Gasteiger partial charge in [-0.15, -0.1) is 11.8 Å². The van der Waals surface area contributed by atoms with E-state index in [4.69, 9.17) is 32.7 Å². The predicted molar refractivity (Wildman–Crippen MR) is 134 cm³/mol. The van der Waals surface area contributed by atoms with Crippen LogP contribution < -0.4 is 14.4 Å². The Kier molecular flexibility index (Phi) is 6.53. The minimum atomic E-state index is -0.591. The molecule has 0 saturated carbocycles. The first-order valence-electron chi connectivity index (χ1n) is 10.7. The van der Waals surface area contributed by atoms with Gasteiger partial charge in [-0.05, 0) is 48.0 Å². The maximum absolute atomic E-state index is 14.0. The quantitative estimate of drug-likeness (QED) is 0.348. The Balaban J connectivity index is 1.42. The number of anilines is 1. The van der Waals surface area contributed by atoms with Gasteiger partial charge in [0.2, 0.25) is 0 Å². The molecule has 3 amide bonds. The Morgan fingerprint density at radius 3 is 2.57 bits per heavy atom. The molecule has 2 aliphatic rings. The zero-order valence-electron chi connectivity index (χ0n) is 18.4. The van der Waals surface area contributed by atoms with Crippen LogP contribution in [0.3, 0.4) is 0 Å². The summed E-state index contributed by atoms with van der Waals surface area (Å²) < 4.78 is 25.1. The van der Waals surface area contributed by atoms with E-state index >= 15 is 0 Å². The third kappa shape index (κ3) is 4.30. The number of hydrogen-bond acceptors (Lipinski definition) is 5. The van der Waals surface area contributed by atoms with Crippen LogP contribution in [0.2, 0.25) is 10.0 Å². The van der Waals surface area contributed by atoms with Crippen LogP contribution in [0.4, 0.5) is 14.9 Å². The van der Waals surface area contributed by atoms with E-state index < -0.39 is 17.9 Å². The second kappa shape index (κ2) is 9.60. The maximum Gasteiger partial charge on any atom is 0.333 e. The molecule has 35 heavy (non-hydrogen) atoms. The highest BCUT2D eigenvalue weighted by Gasteiger charge is 2.53. The van der Waals surface area contributed by atoms with Gasteiger partial charge < -0.3 is 9.47 Å². The number of thioether (sulfide) groups is 1. The lowest BCUT2D eigenvalue weighted by Gasteiger charge is -2.24. The van der Waals surface area contributed by atoms with Crippen LogP contribution in [0.5, 0.6) is 11.5 Å². The average molecular weight is 533 g/mol. The molecule has 2 atom stereocenters. The second-order valence-electron chi connectivity index (χ2n) is 7.95. The van der Waals surface area contributed by atoms with Crippen LogP contribution in [0.1, 0.15) is 16.5 Å². The summed E-state index contributed by atoms with van der Waals surface area (Å²) in [6, 6.07) is 15.3. The summed E-state index contributed by atoms with van der Waals surface area (Å²) in [5.41, 5.74) is 1.88. The molecule has 2 aliphatic heterocycles. The van der Waals surface area contributed by atoms with Gasteiger partial charge in [-0.2, -0.15) is 0 Å². The molecule has 2 heterocycles. The van der Waals surface area contributed by atoms with Gasteiger partial charge in [0, 0.05) is 11.3 Å². The molecule has 0 aliphatic carbocycles. The van der Waals surface area contributed by atoms with E-state index in [0.717, 1.165) is 10.5 Å². The molecule has 3 aromatic rings. The van der Waals surface area contributed by atoms with Crippen molar-refractivity contribution in [2.45, 2.75) is 18.0 Å². The van der Waals surface area contributed by atoms with Crippen LogP contribution in [-0.2, 0) is 11.4 Å². The van der Waals surface area contributed by atoms with Crippen molar-refractivity contribution in [3.05, 3.63) is 87.7 Å². The van der Waals surface area contributed by atoms with E-state index in [1.165, 1.54) is 23.9 Å². The summed E-state index contributed by atoms with van der Waals surface area (Å²) in [6.07, 6.45) is 0. The predicted octanol–water partition coefficient (Wildman–Crippen LogP) is 6.30. The summed E-state index contributed by atoms with van der Waals surface area (Å²) in [4.78, 5) is 29.2. The van der Waals surface area contributed by atoms with E-state index in [9.17, 15) is 14.0 Å². The van der Waals surface area contributed by atoms with Gasteiger partial charge in [0.1, 0.15) is 23.8 Å². The molecule has 180 valence electrons. The van der Waals surface area contributed by atoms with Gasteiger partial charge in [0.25, 0.3) is 5.91 Å². The number of para-hydroxylation sites is 1. The smallest absolute Gasteiger partial charge is 0.333 e. The van der Waals surface area contributed by atoms with Gasteiger partial charge in [-0.25, -0.2) is 14.1 Å². The number of imide groups is 1. The summed E-state index contributed by atoms with van der Waals surface area (Å²) in [6.45, 7) is 0.0705. The molecule has 0 N–H and O–H groups in total. The summed E-state index contributed by atoms with van der Waals surface area (Å²) in [5.74, 6) is 0.402. The van der Waals surface area contributed by atoms with Crippen molar-refractivity contribution in [1.29, 1.82) is 0 Å². The second-order valence-corrected chi connectivity index (χ2v) is 9.88. The number of ether oxygens (including phenoxy) is 2. The SMILES string of the molecule is COc1ccc([C@@H]2SC[C@@H]3C(=O)N(c4ccc(Cl)c(Cl)c4)C(=O)N32)cc1COc1ccccc1F. The fourth-order valence-corrected chi connectivity index (χ4v) is 5.89. The molecule has 3 aromatic carbocycles. The van der Waals surface area contributed by atoms with E-state index in [1.54, 1.807) is 48.4 Å². The third-order valence-electron chi connectivity index (χ3n) is 5.89. The number of rotatable bonds is 6. The van der Waals surface area contributed by atoms with Gasteiger partial charge >= 0.3 is 6.03 Å². The largest absolute Gasteiger partial charge is 0.496 e. The zero-order chi connectivity index (χ0) is 24.7. The number of hydrogen-bond donors (Lipinski definition) is 0. The standard InChI is InChI=1S/C25H19Cl2FN2O4S/c1-33-21-9-6-14(10-15(21)12-34-22-5-3-2-4-19(22)28)24-30-20(13-35-24)23(31)29(25(30)32)16-7-8-17(26)18(27)11-16/h2-11,20,24H,12-13H2,1H3/t20-,24+/m1/s1. The van der Waals surface area contributed by atoms with Crippen LogP contribution in [0.15, 0.2) is 60.7 Å². The monoisotopic (exact) mass is 532 g/mol. The number of methoxy groups -OCH3 is 1. The topological polar surface area (TPSA) is 59.1 Å². The van der Waals surface area contributed by atoms with Gasteiger partial charge in [0.15, 0.2) is 11.6 Å². The lowest BCUT2D eigenvalue weighted by Crippen LogP contribution is -2.33. The van der Waals surface area contributed by atoms with Crippen molar-refractivity contribution in [1.82, 2.24) is 4.90 Å². The maximum atomic E-state index is 14.0. The first-order valence-corrected chi connectivity index (χ1v) is 12.5. The molecule has 2 saturated heterocycles. The van der Waals surface area contributed by atoms with Crippen LogP contribution in [0, 0.1) is 5.82 Å². The molecular formula is C25H19Cl2FN2O4S. The zero-order valence-corrected chi connectivity index (χ0v) is 20.7. The Morgan fingerprint density at radius 1 is 1.03 bits per heavy atom. The van der Waals surface area contributed by atoms with Crippen LogP contribution in [0.25, 0.3) is 0 Å². The van der Waals surface area contributed by atoms with E-state index in [2.05, 4.69) is 0 Å². The summed E-state index contributed by atoms with van der Waals surface area (Å²) in [5, 5.41) is 0.214. The lowest BCUT2D eigenvalue weighted by atomic mass is 10.1. The number of nitrogens with zero attached hydrogens (tertiary/aromatic N) is 2. The lowest BCUT2D eigenvalue weighted by molar-refractivity contribution is -0.119. The highest BCUT2D eigenvalue weighted by Crippen LogP contribution is 2.47. The first-order chi connectivity index (χ1) is 16.9. The summed E-state index contributed by atoms with van der Waals surface area (Å²) in [7, 11) is 1.54. The van der Waals surface area contributed by atoms with Crippen molar-refractivity contribution in [2.24, 2.45) is 0 Å². The van der Waals surface area contributed by atoms with Crippen molar-refractivity contribution in [2.75, 3.05) is 17.8 Å². The highest BCUT2D eigenvalue weighted by atomic mass is 35.5. The molecule has 0 aromatic heterocycles.